The van der Waals surface area contributed by atoms with Crippen LogP contribution in [0.25, 0.3) is 0 Å². The van der Waals surface area contributed by atoms with Crippen molar-refractivity contribution >= 4 is 28.5 Å². The van der Waals surface area contributed by atoms with E-state index < -0.39 is 0 Å². The monoisotopic (exact) mass is 379 g/mol. The Labute approximate surface area is 128 Å². The van der Waals surface area contributed by atoms with Gasteiger partial charge >= 0.3 is 0 Å². The molecule has 0 radical (unpaired) electrons. The molecule has 0 aliphatic heterocycles. The molecule has 0 spiro atoms. The number of alkyl halides is 1. The second-order valence-electron chi connectivity index (χ2n) is 5.13. The SMILES string of the molecule is CCNC(C)(C)CCNC(=O)c1noc(CI)c1C. The number of halogens is 1. The summed E-state index contributed by atoms with van der Waals surface area (Å²) >= 11 is 2.19. The lowest BCUT2D eigenvalue weighted by Crippen LogP contribution is -2.42. The third-order valence-electron chi connectivity index (χ3n) is 3.05. The lowest BCUT2D eigenvalue weighted by Gasteiger charge is -2.25. The Balaban J connectivity index is 2.50. The predicted octanol–water partition coefficient (Wildman–Crippen LogP) is 2.43. The second kappa shape index (κ2) is 7.23. The zero-order valence-electron chi connectivity index (χ0n) is 12.0. The molecule has 1 aromatic heterocycles. The highest BCUT2D eigenvalue weighted by atomic mass is 127. The fraction of sp³-hybridized carbons (Fsp3) is 0.692. The first-order valence-corrected chi connectivity index (χ1v) is 7.98. The predicted molar refractivity (Wildman–Crippen MR) is 83.7 cm³/mol. The number of rotatable bonds is 7. The Bertz CT molecular complexity index is 430. The molecule has 19 heavy (non-hydrogen) atoms. The van der Waals surface area contributed by atoms with Crippen LogP contribution in [0.4, 0.5) is 0 Å². The molecule has 1 heterocycles. The van der Waals surface area contributed by atoms with E-state index in [0.717, 1.165) is 28.7 Å². The third-order valence-corrected chi connectivity index (χ3v) is 3.74. The van der Waals surface area contributed by atoms with Crippen LogP contribution in [-0.2, 0) is 4.43 Å². The molecule has 5 nitrogen and oxygen atoms in total. The van der Waals surface area contributed by atoms with Gasteiger partial charge in [-0.3, -0.25) is 4.79 Å². The van der Waals surface area contributed by atoms with E-state index in [2.05, 4.69) is 59.2 Å². The van der Waals surface area contributed by atoms with Crippen molar-refractivity contribution in [1.29, 1.82) is 0 Å². The number of hydrogen-bond acceptors (Lipinski definition) is 4. The molecule has 1 amide bonds. The van der Waals surface area contributed by atoms with Gasteiger partial charge in [0.2, 0.25) is 0 Å². The normalized spacial score (nSPS) is 11.6. The van der Waals surface area contributed by atoms with E-state index in [1.807, 2.05) is 6.92 Å². The van der Waals surface area contributed by atoms with Crippen LogP contribution in [0.5, 0.6) is 0 Å². The van der Waals surface area contributed by atoms with E-state index in [4.69, 9.17) is 4.52 Å². The van der Waals surface area contributed by atoms with Crippen molar-refractivity contribution in [2.24, 2.45) is 0 Å². The summed E-state index contributed by atoms with van der Waals surface area (Å²) in [5.41, 5.74) is 1.25. The molecule has 0 aliphatic rings. The zero-order valence-corrected chi connectivity index (χ0v) is 14.1. The molecule has 0 fully saturated rings. The van der Waals surface area contributed by atoms with Crippen LogP contribution < -0.4 is 10.6 Å². The van der Waals surface area contributed by atoms with Crippen molar-refractivity contribution in [3.05, 3.63) is 17.0 Å². The van der Waals surface area contributed by atoms with Crippen LogP contribution >= 0.6 is 22.6 Å². The van der Waals surface area contributed by atoms with Crippen LogP contribution in [0.15, 0.2) is 4.52 Å². The van der Waals surface area contributed by atoms with Gasteiger partial charge in [0.25, 0.3) is 5.91 Å². The summed E-state index contributed by atoms with van der Waals surface area (Å²) in [6.45, 7) is 9.72. The van der Waals surface area contributed by atoms with Crippen molar-refractivity contribution in [3.63, 3.8) is 0 Å². The molecule has 0 bridgehead atoms. The van der Waals surface area contributed by atoms with E-state index in [0.29, 0.717) is 12.2 Å². The molecular weight excluding hydrogens is 357 g/mol. The lowest BCUT2D eigenvalue weighted by atomic mass is 10.0. The summed E-state index contributed by atoms with van der Waals surface area (Å²) in [5.74, 6) is 0.600. The molecule has 0 unspecified atom stereocenters. The summed E-state index contributed by atoms with van der Waals surface area (Å²) < 4.78 is 5.84. The number of carbonyl (C=O) groups excluding carboxylic acids is 1. The summed E-state index contributed by atoms with van der Waals surface area (Å²) in [5, 5.41) is 10.1. The van der Waals surface area contributed by atoms with Crippen LogP contribution in [0.2, 0.25) is 0 Å². The number of nitrogens with zero attached hydrogens (tertiary/aromatic N) is 1. The van der Waals surface area contributed by atoms with E-state index in [-0.39, 0.29) is 11.4 Å². The first-order valence-electron chi connectivity index (χ1n) is 6.45. The molecule has 108 valence electrons. The van der Waals surface area contributed by atoms with Gasteiger partial charge < -0.3 is 15.2 Å². The molecule has 1 aromatic rings. The zero-order chi connectivity index (χ0) is 14.5. The van der Waals surface area contributed by atoms with Crippen molar-refractivity contribution in [2.75, 3.05) is 13.1 Å². The molecule has 0 saturated carbocycles. The maximum absolute atomic E-state index is 12.0. The summed E-state index contributed by atoms with van der Waals surface area (Å²) in [4.78, 5) is 12.0. The number of hydrogen-bond donors (Lipinski definition) is 2. The molecular formula is C13H22IN3O2. The number of carbonyl (C=O) groups is 1. The minimum atomic E-state index is -0.162. The highest BCUT2D eigenvalue weighted by Gasteiger charge is 2.19. The highest BCUT2D eigenvalue weighted by molar-refractivity contribution is 14.1. The lowest BCUT2D eigenvalue weighted by molar-refractivity contribution is 0.0941. The number of aromatic nitrogens is 1. The first-order chi connectivity index (χ1) is 8.91. The largest absolute Gasteiger partial charge is 0.359 e. The molecule has 6 heteroatoms. The van der Waals surface area contributed by atoms with E-state index >= 15 is 0 Å². The smallest absolute Gasteiger partial charge is 0.273 e. The van der Waals surface area contributed by atoms with Crippen LogP contribution in [0.3, 0.4) is 0 Å². The van der Waals surface area contributed by atoms with E-state index in [1.165, 1.54) is 0 Å². The quantitative estimate of drug-likeness (QED) is 0.564. The molecule has 2 N–H and O–H groups in total. The number of nitrogens with one attached hydrogen (secondary N) is 2. The minimum absolute atomic E-state index is 0.0221. The van der Waals surface area contributed by atoms with Crippen molar-refractivity contribution in [1.82, 2.24) is 15.8 Å². The van der Waals surface area contributed by atoms with E-state index in [1.54, 1.807) is 0 Å². The standard InChI is InChI=1S/C13H22IN3O2/c1-5-16-13(3,4)6-7-15-12(18)11-9(2)10(8-14)19-17-11/h16H,5-8H2,1-4H3,(H,15,18). The maximum atomic E-state index is 12.0. The van der Waals surface area contributed by atoms with Gasteiger partial charge in [-0.05, 0) is 33.7 Å². The topological polar surface area (TPSA) is 67.2 Å². The number of amides is 1. The molecule has 1 rings (SSSR count). The van der Waals surface area contributed by atoms with Crippen LogP contribution in [0.1, 0.15) is 49.0 Å². The van der Waals surface area contributed by atoms with Crippen molar-refractivity contribution < 1.29 is 9.32 Å². The van der Waals surface area contributed by atoms with Gasteiger partial charge in [0.1, 0.15) is 5.76 Å². The van der Waals surface area contributed by atoms with Gasteiger partial charge in [0, 0.05) is 17.6 Å². The fourth-order valence-corrected chi connectivity index (χ4v) is 2.56. The highest BCUT2D eigenvalue weighted by Crippen LogP contribution is 2.16. The van der Waals surface area contributed by atoms with Crippen LogP contribution in [0, 0.1) is 6.92 Å². The Hall–Kier alpha value is -0.630. The third kappa shape index (κ3) is 4.76. The summed E-state index contributed by atoms with van der Waals surface area (Å²) in [6, 6.07) is 0. The van der Waals surface area contributed by atoms with Gasteiger partial charge in [-0.25, -0.2) is 0 Å². The van der Waals surface area contributed by atoms with Crippen molar-refractivity contribution in [2.45, 2.75) is 44.1 Å². The molecule has 0 aromatic carbocycles. The van der Waals surface area contributed by atoms with Gasteiger partial charge in [0.15, 0.2) is 5.69 Å². The minimum Gasteiger partial charge on any atom is -0.359 e. The van der Waals surface area contributed by atoms with Gasteiger partial charge in [0.05, 0.1) is 4.43 Å². The van der Waals surface area contributed by atoms with Crippen LogP contribution in [-0.4, -0.2) is 29.7 Å². The van der Waals surface area contributed by atoms with Gasteiger partial charge in [-0.15, -0.1) is 0 Å². The average molecular weight is 379 g/mol. The summed E-state index contributed by atoms with van der Waals surface area (Å²) in [6.07, 6.45) is 0.864. The molecule has 0 saturated heterocycles. The summed E-state index contributed by atoms with van der Waals surface area (Å²) in [7, 11) is 0. The molecule has 0 atom stereocenters. The Morgan fingerprint density at radius 1 is 1.47 bits per heavy atom. The Morgan fingerprint density at radius 3 is 2.68 bits per heavy atom. The van der Waals surface area contributed by atoms with Gasteiger partial charge in [-0.1, -0.05) is 34.7 Å². The first kappa shape index (κ1) is 16.4. The maximum Gasteiger partial charge on any atom is 0.273 e. The Morgan fingerprint density at radius 2 is 2.16 bits per heavy atom. The average Bonchev–Trinajstić information content (AvgIpc) is 2.69. The van der Waals surface area contributed by atoms with E-state index in [9.17, 15) is 4.79 Å². The Kier molecular flexibility index (Phi) is 6.25. The van der Waals surface area contributed by atoms with Gasteiger partial charge in [-0.2, -0.15) is 0 Å². The van der Waals surface area contributed by atoms with Crippen molar-refractivity contribution in [3.8, 4) is 0 Å². The molecule has 0 aliphatic carbocycles. The second-order valence-corrected chi connectivity index (χ2v) is 5.90. The fourth-order valence-electron chi connectivity index (χ4n) is 1.85.